The Kier molecular flexibility index (Phi) is 50.6. The SMILES string of the molecule is CC\C=C/C=C\C=C/CCCCCCCC(=O)OCC(COC(=O)CCCCCCC\C=C/C=C\C=C/C=C\C=C/CCC)OC(=O)CCCCCCC\C=C/C=C\C=C/CCCCCCC. The van der Waals surface area contributed by atoms with Crippen LogP contribution >= 0.6 is 0 Å². The molecule has 0 N–H and O–H groups in total. The number of carbonyl (C=O) groups is 3. The first kappa shape index (κ1) is 62.5. The Morgan fingerprint density at radius 1 is 0.313 bits per heavy atom. The van der Waals surface area contributed by atoms with Gasteiger partial charge in [-0.1, -0.05) is 244 Å². The number of esters is 3. The van der Waals surface area contributed by atoms with Crippen LogP contribution in [0.2, 0.25) is 0 Å². The van der Waals surface area contributed by atoms with Gasteiger partial charge in [-0.2, -0.15) is 0 Å². The van der Waals surface area contributed by atoms with Crippen LogP contribution in [0.3, 0.4) is 0 Å². The lowest BCUT2D eigenvalue weighted by atomic mass is 10.1. The smallest absolute Gasteiger partial charge is 0.306 e. The number of allylic oxidation sites excluding steroid dienone is 22. The van der Waals surface area contributed by atoms with Crippen molar-refractivity contribution in [2.45, 2.75) is 219 Å². The van der Waals surface area contributed by atoms with E-state index in [0.29, 0.717) is 12.8 Å². The molecule has 6 heteroatoms. The van der Waals surface area contributed by atoms with Gasteiger partial charge < -0.3 is 14.2 Å². The molecule has 0 saturated heterocycles. The van der Waals surface area contributed by atoms with Crippen molar-refractivity contribution >= 4 is 17.9 Å². The maximum Gasteiger partial charge on any atom is 0.306 e. The summed E-state index contributed by atoms with van der Waals surface area (Å²) in [7, 11) is 0. The topological polar surface area (TPSA) is 78.9 Å². The molecule has 0 aromatic rings. The van der Waals surface area contributed by atoms with Gasteiger partial charge in [-0.25, -0.2) is 0 Å². The molecule has 0 rings (SSSR count). The van der Waals surface area contributed by atoms with Crippen molar-refractivity contribution < 1.29 is 28.6 Å². The molecular weight excluding hydrogens is 829 g/mol. The third-order valence-corrected chi connectivity index (χ3v) is 10.8. The molecule has 0 aliphatic rings. The lowest BCUT2D eigenvalue weighted by Gasteiger charge is -2.18. The molecule has 0 radical (unpaired) electrons. The molecule has 0 aromatic heterocycles. The molecular formula is C61H96O6. The van der Waals surface area contributed by atoms with Crippen molar-refractivity contribution in [1.82, 2.24) is 0 Å². The first-order chi connectivity index (χ1) is 33.0. The van der Waals surface area contributed by atoms with Crippen molar-refractivity contribution in [1.29, 1.82) is 0 Å². The predicted octanol–water partition coefficient (Wildman–Crippen LogP) is 17.9. The minimum absolute atomic E-state index is 0.111. The largest absolute Gasteiger partial charge is 0.462 e. The first-order valence-corrected chi connectivity index (χ1v) is 26.8. The molecule has 0 aromatic carbocycles. The zero-order valence-electron chi connectivity index (χ0n) is 42.9. The summed E-state index contributed by atoms with van der Waals surface area (Å²) >= 11 is 0. The van der Waals surface area contributed by atoms with Crippen LogP contribution in [0, 0.1) is 0 Å². The highest BCUT2D eigenvalue weighted by atomic mass is 16.6. The minimum atomic E-state index is -0.814. The number of carbonyl (C=O) groups excluding carboxylic acids is 3. The number of hydrogen-bond acceptors (Lipinski definition) is 6. The van der Waals surface area contributed by atoms with Gasteiger partial charge in [0.2, 0.25) is 0 Å². The van der Waals surface area contributed by atoms with Gasteiger partial charge in [0.15, 0.2) is 6.10 Å². The lowest BCUT2D eigenvalue weighted by molar-refractivity contribution is -0.167. The van der Waals surface area contributed by atoms with E-state index in [-0.39, 0.29) is 37.5 Å². The van der Waals surface area contributed by atoms with Crippen LogP contribution in [0.15, 0.2) is 134 Å². The van der Waals surface area contributed by atoms with Crippen molar-refractivity contribution in [3.8, 4) is 0 Å². The van der Waals surface area contributed by atoms with E-state index in [0.717, 1.165) is 135 Å². The molecule has 0 fully saturated rings. The van der Waals surface area contributed by atoms with E-state index in [1.807, 2.05) is 36.5 Å². The van der Waals surface area contributed by atoms with E-state index in [1.54, 1.807) is 0 Å². The molecule has 1 atom stereocenters. The molecule has 67 heavy (non-hydrogen) atoms. The summed E-state index contributed by atoms with van der Waals surface area (Å²) in [6.45, 7) is 6.33. The number of unbranched alkanes of at least 4 members (excludes halogenated alkanes) is 21. The number of ether oxygens (including phenoxy) is 3. The highest BCUT2D eigenvalue weighted by Crippen LogP contribution is 2.13. The summed E-state index contributed by atoms with van der Waals surface area (Å²) in [6.07, 6.45) is 75.7. The molecule has 0 amide bonds. The summed E-state index contributed by atoms with van der Waals surface area (Å²) in [5.41, 5.74) is 0. The Labute approximate surface area is 411 Å². The highest BCUT2D eigenvalue weighted by Gasteiger charge is 2.19. The Balaban J connectivity index is 4.54. The van der Waals surface area contributed by atoms with Crippen LogP contribution in [0.5, 0.6) is 0 Å². The van der Waals surface area contributed by atoms with Gasteiger partial charge in [0.25, 0.3) is 0 Å². The van der Waals surface area contributed by atoms with Gasteiger partial charge in [0, 0.05) is 19.3 Å². The molecule has 0 bridgehead atoms. The van der Waals surface area contributed by atoms with E-state index in [1.165, 1.54) is 38.5 Å². The normalized spacial score (nSPS) is 13.2. The van der Waals surface area contributed by atoms with Crippen LogP contribution in [-0.4, -0.2) is 37.2 Å². The van der Waals surface area contributed by atoms with Crippen molar-refractivity contribution in [3.63, 3.8) is 0 Å². The standard InChI is InChI=1S/C61H96O6/c1-4-7-10-13-16-19-22-25-27-29-31-33-36-39-42-45-48-51-54-60(63)66-57-58(56-65-59(62)53-50-47-44-41-38-35-24-21-18-15-12-9-6-3)67-61(64)55-52-49-46-43-40-37-34-32-30-28-26-23-20-17-14-11-8-5-2/h9-10,12-13,15-16,18-19,21-34,58H,4-8,11,14,17,20,35-57H2,1-3H3/b12-9-,13-10-,18-15-,19-16-,24-21-,25-22-,26-23-,29-27-,30-28-,33-31-,34-32-. The second kappa shape index (κ2) is 54.2. The van der Waals surface area contributed by atoms with Gasteiger partial charge in [0.05, 0.1) is 0 Å². The van der Waals surface area contributed by atoms with Crippen molar-refractivity contribution in [2.24, 2.45) is 0 Å². The van der Waals surface area contributed by atoms with E-state index in [2.05, 4.69) is 118 Å². The van der Waals surface area contributed by atoms with Gasteiger partial charge in [-0.05, 0) is 83.5 Å². The molecule has 1 unspecified atom stereocenters. The molecule has 0 aliphatic heterocycles. The van der Waals surface area contributed by atoms with Gasteiger partial charge in [-0.3, -0.25) is 14.4 Å². The van der Waals surface area contributed by atoms with Gasteiger partial charge in [0.1, 0.15) is 13.2 Å². The first-order valence-electron chi connectivity index (χ1n) is 26.8. The van der Waals surface area contributed by atoms with Crippen molar-refractivity contribution in [2.75, 3.05) is 13.2 Å². The third-order valence-electron chi connectivity index (χ3n) is 10.8. The van der Waals surface area contributed by atoms with Gasteiger partial charge >= 0.3 is 17.9 Å². The molecule has 6 nitrogen and oxygen atoms in total. The fourth-order valence-corrected chi connectivity index (χ4v) is 6.83. The Morgan fingerprint density at radius 3 is 0.970 bits per heavy atom. The average Bonchev–Trinajstić information content (AvgIpc) is 3.33. The van der Waals surface area contributed by atoms with E-state index in [4.69, 9.17) is 14.2 Å². The van der Waals surface area contributed by atoms with E-state index >= 15 is 0 Å². The fraction of sp³-hybridized carbons (Fsp3) is 0.590. The second-order valence-corrected chi connectivity index (χ2v) is 17.3. The zero-order chi connectivity index (χ0) is 48.6. The van der Waals surface area contributed by atoms with Crippen molar-refractivity contribution in [3.05, 3.63) is 134 Å². The Hall–Kier alpha value is -4.45. The molecule has 0 aliphatic carbocycles. The summed E-state index contributed by atoms with van der Waals surface area (Å²) in [5, 5.41) is 0. The van der Waals surface area contributed by atoms with Crippen LogP contribution in [-0.2, 0) is 28.6 Å². The molecule has 0 heterocycles. The second-order valence-electron chi connectivity index (χ2n) is 17.3. The molecule has 376 valence electrons. The Bertz CT molecular complexity index is 1480. The van der Waals surface area contributed by atoms with Crippen LogP contribution < -0.4 is 0 Å². The summed E-state index contributed by atoms with van der Waals surface area (Å²) in [6, 6.07) is 0. The predicted molar refractivity (Wildman–Crippen MR) is 288 cm³/mol. The van der Waals surface area contributed by atoms with Crippen LogP contribution in [0.1, 0.15) is 213 Å². The highest BCUT2D eigenvalue weighted by molar-refractivity contribution is 5.71. The van der Waals surface area contributed by atoms with E-state index < -0.39 is 6.10 Å². The summed E-state index contributed by atoms with van der Waals surface area (Å²) in [4.78, 5) is 38.1. The van der Waals surface area contributed by atoms with Gasteiger partial charge in [-0.15, -0.1) is 0 Å². The van der Waals surface area contributed by atoms with Crippen LogP contribution in [0.25, 0.3) is 0 Å². The molecule has 0 spiro atoms. The van der Waals surface area contributed by atoms with E-state index in [9.17, 15) is 14.4 Å². The minimum Gasteiger partial charge on any atom is -0.462 e. The zero-order valence-corrected chi connectivity index (χ0v) is 42.9. The Morgan fingerprint density at radius 2 is 0.612 bits per heavy atom. The summed E-state index contributed by atoms with van der Waals surface area (Å²) in [5.74, 6) is -0.982. The maximum atomic E-state index is 12.8. The number of rotatable bonds is 46. The quantitative estimate of drug-likeness (QED) is 0.0262. The summed E-state index contributed by atoms with van der Waals surface area (Å²) < 4.78 is 16.8. The third kappa shape index (κ3) is 52.4. The van der Waals surface area contributed by atoms with Crippen LogP contribution in [0.4, 0.5) is 0 Å². The average molecular weight is 925 g/mol. The fourth-order valence-electron chi connectivity index (χ4n) is 6.83. The molecule has 0 saturated carbocycles. The monoisotopic (exact) mass is 925 g/mol. The number of hydrogen-bond donors (Lipinski definition) is 0. The maximum absolute atomic E-state index is 12.8. The lowest BCUT2D eigenvalue weighted by Crippen LogP contribution is -2.30.